The molecule has 1 atom stereocenters. The monoisotopic (exact) mass is 263 g/mol. The Balaban J connectivity index is 3.16. The van der Waals surface area contributed by atoms with Crippen LogP contribution in [0.2, 0.25) is 0 Å². The van der Waals surface area contributed by atoms with Crippen LogP contribution in [0.5, 0.6) is 0 Å². The molecular formula is C10H12F3N3O2. The number of aromatic nitrogens is 2. The van der Waals surface area contributed by atoms with Crippen molar-refractivity contribution in [3.63, 3.8) is 0 Å². The molecule has 0 fully saturated rings. The fraction of sp³-hybridized carbons (Fsp3) is 0.500. The Morgan fingerprint density at radius 3 is 2.28 bits per heavy atom. The number of anilines is 1. The molecule has 0 aliphatic heterocycles. The zero-order valence-corrected chi connectivity index (χ0v) is 9.96. The van der Waals surface area contributed by atoms with Crippen molar-refractivity contribution in [3.8, 4) is 0 Å². The molecule has 0 aromatic carbocycles. The number of nitrogens with zero attached hydrogens (tertiary/aromatic N) is 2. The minimum atomic E-state index is -4.95. The van der Waals surface area contributed by atoms with E-state index in [1.165, 1.54) is 13.0 Å². The van der Waals surface area contributed by atoms with Crippen molar-refractivity contribution in [3.05, 3.63) is 17.6 Å². The average molecular weight is 263 g/mol. The van der Waals surface area contributed by atoms with Crippen LogP contribution < -0.4 is 5.32 Å². The maximum absolute atomic E-state index is 12.8. The van der Waals surface area contributed by atoms with E-state index < -0.39 is 17.7 Å². The van der Waals surface area contributed by atoms with Crippen LogP contribution >= 0.6 is 0 Å². The van der Waals surface area contributed by atoms with Crippen molar-refractivity contribution in [2.24, 2.45) is 0 Å². The maximum atomic E-state index is 12.8. The first kappa shape index (κ1) is 14.2. The molecule has 0 aliphatic carbocycles. The number of carbonyl (C=O) groups is 1. The molecule has 2 N–H and O–H groups in total. The Morgan fingerprint density at radius 2 is 1.89 bits per heavy atom. The van der Waals surface area contributed by atoms with Gasteiger partial charge >= 0.3 is 12.1 Å². The highest BCUT2D eigenvalue weighted by Crippen LogP contribution is 2.33. The first-order valence-corrected chi connectivity index (χ1v) is 4.97. The number of hydrogen-bond acceptors (Lipinski definition) is 4. The SMILES string of the molecule is Cc1cc(NC(C)(C(=O)O)C(F)(F)F)nc(C)n1. The lowest BCUT2D eigenvalue weighted by molar-refractivity contribution is -0.192. The lowest BCUT2D eigenvalue weighted by atomic mass is 10.0. The van der Waals surface area contributed by atoms with Crippen LogP contribution in [0.1, 0.15) is 18.4 Å². The van der Waals surface area contributed by atoms with Crippen LogP contribution in [0, 0.1) is 13.8 Å². The zero-order valence-electron chi connectivity index (χ0n) is 9.96. The lowest BCUT2D eigenvalue weighted by Gasteiger charge is -2.29. The maximum Gasteiger partial charge on any atom is 0.422 e. The third kappa shape index (κ3) is 2.69. The molecule has 100 valence electrons. The standard InChI is InChI=1S/C10H12F3N3O2/c1-5-4-7(15-6(2)14-5)16-9(3,8(17)18)10(11,12)13/h4H,1-3H3,(H,17,18)(H,14,15,16). The van der Waals surface area contributed by atoms with Crippen molar-refractivity contribution >= 4 is 11.8 Å². The Labute approximate surface area is 101 Å². The Hall–Kier alpha value is -1.86. The summed E-state index contributed by atoms with van der Waals surface area (Å²) in [5.41, 5.74) is -2.65. The average Bonchev–Trinajstić information content (AvgIpc) is 2.13. The van der Waals surface area contributed by atoms with Crippen LogP contribution in [0.15, 0.2) is 6.07 Å². The van der Waals surface area contributed by atoms with E-state index in [-0.39, 0.29) is 11.6 Å². The summed E-state index contributed by atoms with van der Waals surface area (Å²) < 4.78 is 38.3. The van der Waals surface area contributed by atoms with E-state index in [0.29, 0.717) is 12.6 Å². The molecule has 0 radical (unpaired) electrons. The smallest absolute Gasteiger partial charge is 0.422 e. The largest absolute Gasteiger partial charge is 0.479 e. The third-order valence-corrected chi connectivity index (χ3v) is 2.34. The van der Waals surface area contributed by atoms with Gasteiger partial charge in [0.15, 0.2) is 0 Å². The lowest BCUT2D eigenvalue weighted by Crippen LogP contribution is -2.55. The number of carboxylic acids is 1. The van der Waals surface area contributed by atoms with Gasteiger partial charge in [-0.3, -0.25) is 0 Å². The molecule has 0 aliphatic rings. The second-order valence-electron chi connectivity index (χ2n) is 3.99. The van der Waals surface area contributed by atoms with Gasteiger partial charge in [-0.15, -0.1) is 0 Å². The summed E-state index contributed by atoms with van der Waals surface area (Å²) in [4.78, 5) is 18.4. The van der Waals surface area contributed by atoms with Crippen molar-refractivity contribution < 1.29 is 23.1 Å². The highest BCUT2D eigenvalue weighted by Gasteiger charge is 2.57. The second-order valence-corrected chi connectivity index (χ2v) is 3.99. The molecule has 0 spiro atoms. The van der Waals surface area contributed by atoms with Crippen LogP contribution in [-0.2, 0) is 4.79 Å². The molecule has 1 heterocycles. The van der Waals surface area contributed by atoms with Gasteiger partial charge in [-0.2, -0.15) is 13.2 Å². The Morgan fingerprint density at radius 1 is 1.33 bits per heavy atom. The molecule has 0 saturated heterocycles. The van der Waals surface area contributed by atoms with Crippen molar-refractivity contribution in [1.82, 2.24) is 9.97 Å². The van der Waals surface area contributed by atoms with Gasteiger partial charge in [0.2, 0.25) is 5.54 Å². The number of aliphatic carboxylic acids is 1. The summed E-state index contributed by atoms with van der Waals surface area (Å²) in [5, 5.41) is 10.6. The third-order valence-electron chi connectivity index (χ3n) is 2.34. The fourth-order valence-corrected chi connectivity index (χ4v) is 1.28. The van der Waals surface area contributed by atoms with E-state index in [1.54, 1.807) is 6.92 Å². The van der Waals surface area contributed by atoms with Gasteiger partial charge in [0.25, 0.3) is 0 Å². The molecule has 1 rings (SSSR count). The molecule has 1 unspecified atom stereocenters. The first-order chi connectivity index (χ1) is 8.06. The summed E-state index contributed by atoms with van der Waals surface area (Å²) in [6.07, 6.45) is -4.95. The Kier molecular flexibility index (Phi) is 3.50. The summed E-state index contributed by atoms with van der Waals surface area (Å²) in [6.45, 7) is 3.62. The van der Waals surface area contributed by atoms with Gasteiger partial charge in [0.1, 0.15) is 11.6 Å². The molecule has 1 aromatic rings. The number of alkyl halides is 3. The van der Waals surface area contributed by atoms with Gasteiger partial charge in [-0.25, -0.2) is 14.8 Å². The number of hydrogen-bond donors (Lipinski definition) is 2. The highest BCUT2D eigenvalue weighted by molar-refractivity contribution is 5.83. The predicted octanol–water partition coefficient (Wildman–Crippen LogP) is 1.91. The van der Waals surface area contributed by atoms with Gasteiger partial charge in [-0.05, 0) is 20.8 Å². The minimum absolute atomic E-state index is 0.178. The van der Waals surface area contributed by atoms with Crippen LogP contribution in [0.3, 0.4) is 0 Å². The summed E-state index contributed by atoms with van der Waals surface area (Å²) in [5.74, 6) is -1.95. The van der Waals surface area contributed by atoms with E-state index in [9.17, 15) is 18.0 Å². The van der Waals surface area contributed by atoms with Gasteiger partial charge in [-0.1, -0.05) is 0 Å². The summed E-state index contributed by atoms with van der Waals surface area (Å²) in [6, 6.07) is 1.25. The fourth-order valence-electron chi connectivity index (χ4n) is 1.28. The summed E-state index contributed by atoms with van der Waals surface area (Å²) >= 11 is 0. The van der Waals surface area contributed by atoms with Crippen LogP contribution in [0.25, 0.3) is 0 Å². The number of carboxylic acid groups (broad SMARTS) is 1. The number of aryl methyl sites for hydroxylation is 2. The molecule has 0 saturated carbocycles. The van der Waals surface area contributed by atoms with Gasteiger partial charge < -0.3 is 10.4 Å². The normalized spacial score (nSPS) is 15.0. The number of rotatable bonds is 3. The van der Waals surface area contributed by atoms with Crippen LogP contribution in [-0.4, -0.2) is 32.8 Å². The molecule has 18 heavy (non-hydrogen) atoms. The van der Waals surface area contributed by atoms with Crippen molar-refractivity contribution in [1.29, 1.82) is 0 Å². The number of nitrogens with one attached hydrogen (secondary N) is 1. The van der Waals surface area contributed by atoms with E-state index in [2.05, 4.69) is 9.97 Å². The first-order valence-electron chi connectivity index (χ1n) is 4.97. The highest BCUT2D eigenvalue weighted by atomic mass is 19.4. The van der Waals surface area contributed by atoms with Crippen LogP contribution in [0.4, 0.5) is 19.0 Å². The molecule has 1 aromatic heterocycles. The van der Waals surface area contributed by atoms with E-state index in [0.717, 1.165) is 0 Å². The quantitative estimate of drug-likeness (QED) is 0.871. The Bertz CT molecular complexity index is 456. The molecule has 0 bridgehead atoms. The van der Waals surface area contributed by atoms with Crippen molar-refractivity contribution in [2.75, 3.05) is 5.32 Å². The predicted molar refractivity (Wildman–Crippen MR) is 57.2 cm³/mol. The topological polar surface area (TPSA) is 75.1 Å². The number of halogens is 3. The molecule has 5 nitrogen and oxygen atoms in total. The second kappa shape index (κ2) is 4.43. The molecule has 8 heteroatoms. The molecular weight excluding hydrogens is 251 g/mol. The van der Waals surface area contributed by atoms with Crippen molar-refractivity contribution in [2.45, 2.75) is 32.5 Å². The van der Waals surface area contributed by atoms with E-state index in [4.69, 9.17) is 5.11 Å². The molecule has 0 amide bonds. The van der Waals surface area contributed by atoms with E-state index >= 15 is 0 Å². The minimum Gasteiger partial charge on any atom is -0.479 e. The summed E-state index contributed by atoms with van der Waals surface area (Å²) in [7, 11) is 0. The zero-order chi connectivity index (χ0) is 14.1. The van der Waals surface area contributed by atoms with Gasteiger partial charge in [0, 0.05) is 11.8 Å². The van der Waals surface area contributed by atoms with Gasteiger partial charge in [0.05, 0.1) is 0 Å². The van der Waals surface area contributed by atoms with E-state index in [1.807, 2.05) is 5.32 Å².